The average molecular weight is 389 g/mol. The molecule has 124 valence electrons. The summed E-state index contributed by atoms with van der Waals surface area (Å²) < 4.78 is 13.4. The minimum absolute atomic E-state index is 0.183. The van der Waals surface area contributed by atoms with Crippen LogP contribution in [0.5, 0.6) is 0 Å². The Labute approximate surface area is 139 Å². The predicted octanol–water partition coefficient (Wildman–Crippen LogP) is 3.01. The van der Waals surface area contributed by atoms with Crippen LogP contribution in [0.1, 0.15) is 42.5 Å². The zero-order valence-electron chi connectivity index (χ0n) is 12.0. The molecule has 7 nitrogen and oxygen atoms in total. The Hall–Kier alpha value is -2.03. The summed E-state index contributed by atoms with van der Waals surface area (Å²) in [4.78, 5) is 34.0. The van der Waals surface area contributed by atoms with Crippen molar-refractivity contribution < 1.29 is 24.0 Å². The molecule has 0 saturated heterocycles. The lowest BCUT2D eigenvalue weighted by molar-refractivity contribution is -0.385. The van der Waals surface area contributed by atoms with Gasteiger partial charge < -0.3 is 10.4 Å². The molecule has 1 amide bonds. The first-order valence-corrected chi connectivity index (χ1v) is 7.75. The third-order valence-corrected chi connectivity index (χ3v) is 4.76. The summed E-state index contributed by atoms with van der Waals surface area (Å²) >= 11 is 2.92. The van der Waals surface area contributed by atoms with Crippen LogP contribution >= 0.6 is 15.9 Å². The number of aliphatic carboxylic acids is 1. The minimum atomic E-state index is -1.42. The van der Waals surface area contributed by atoms with Crippen LogP contribution in [0.4, 0.5) is 10.1 Å². The molecule has 1 fully saturated rings. The van der Waals surface area contributed by atoms with Crippen LogP contribution in [0.15, 0.2) is 16.6 Å². The van der Waals surface area contributed by atoms with E-state index in [1.54, 1.807) is 0 Å². The van der Waals surface area contributed by atoms with Crippen molar-refractivity contribution in [3.8, 4) is 0 Å². The van der Waals surface area contributed by atoms with Gasteiger partial charge in [-0.1, -0.05) is 19.3 Å². The number of rotatable bonds is 4. The van der Waals surface area contributed by atoms with Crippen LogP contribution < -0.4 is 5.32 Å². The largest absolute Gasteiger partial charge is 0.480 e. The number of nitrogens with zero attached hydrogens (tertiary/aromatic N) is 1. The fourth-order valence-corrected chi connectivity index (χ4v) is 3.26. The van der Waals surface area contributed by atoms with Crippen molar-refractivity contribution >= 4 is 33.5 Å². The summed E-state index contributed by atoms with van der Waals surface area (Å²) in [5.41, 5.74) is -2.32. The number of nitro groups is 1. The minimum Gasteiger partial charge on any atom is -0.480 e. The average Bonchev–Trinajstić information content (AvgIpc) is 2.49. The Morgan fingerprint density at radius 2 is 1.91 bits per heavy atom. The van der Waals surface area contributed by atoms with Gasteiger partial charge in [0.1, 0.15) is 15.8 Å². The molecule has 2 N–H and O–H groups in total. The predicted molar refractivity (Wildman–Crippen MR) is 81.7 cm³/mol. The number of amides is 1. The second kappa shape index (κ2) is 6.61. The fourth-order valence-electron chi connectivity index (χ4n) is 2.71. The van der Waals surface area contributed by atoms with E-state index in [9.17, 15) is 29.2 Å². The molecule has 1 aromatic carbocycles. The summed E-state index contributed by atoms with van der Waals surface area (Å²) in [6.45, 7) is 0. The van der Waals surface area contributed by atoms with Crippen molar-refractivity contribution in [3.63, 3.8) is 0 Å². The first-order valence-electron chi connectivity index (χ1n) is 6.96. The molecule has 2 rings (SSSR count). The van der Waals surface area contributed by atoms with Crippen LogP contribution in [0.2, 0.25) is 0 Å². The van der Waals surface area contributed by atoms with Crippen molar-refractivity contribution in [2.45, 2.75) is 37.6 Å². The highest BCUT2D eigenvalue weighted by Gasteiger charge is 2.41. The van der Waals surface area contributed by atoms with E-state index in [1.807, 2.05) is 0 Å². The van der Waals surface area contributed by atoms with E-state index < -0.39 is 33.8 Å². The van der Waals surface area contributed by atoms with Gasteiger partial charge in [-0.3, -0.25) is 14.9 Å². The summed E-state index contributed by atoms with van der Waals surface area (Å²) in [5, 5.41) is 22.8. The van der Waals surface area contributed by atoms with Gasteiger partial charge in [0.2, 0.25) is 0 Å². The van der Waals surface area contributed by atoms with Gasteiger partial charge >= 0.3 is 5.97 Å². The number of nitro benzene ring substituents is 1. The van der Waals surface area contributed by atoms with Gasteiger partial charge in [-0.05, 0) is 34.8 Å². The van der Waals surface area contributed by atoms with Gasteiger partial charge in [0.05, 0.1) is 16.6 Å². The van der Waals surface area contributed by atoms with Crippen molar-refractivity contribution in [2.75, 3.05) is 0 Å². The number of hydrogen-bond acceptors (Lipinski definition) is 4. The molecule has 9 heteroatoms. The first kappa shape index (κ1) is 17.3. The molecule has 0 radical (unpaired) electrons. The summed E-state index contributed by atoms with van der Waals surface area (Å²) in [5.74, 6) is -2.96. The highest BCUT2D eigenvalue weighted by atomic mass is 79.9. The molecule has 0 heterocycles. The summed E-state index contributed by atoms with van der Waals surface area (Å²) in [7, 11) is 0. The normalized spacial score (nSPS) is 16.6. The highest BCUT2D eigenvalue weighted by molar-refractivity contribution is 9.10. The first-order chi connectivity index (χ1) is 10.8. The molecule has 1 aliphatic carbocycles. The van der Waals surface area contributed by atoms with Crippen molar-refractivity contribution in [2.24, 2.45) is 0 Å². The van der Waals surface area contributed by atoms with Gasteiger partial charge in [-0.2, -0.15) is 0 Å². The second-order valence-electron chi connectivity index (χ2n) is 5.45. The van der Waals surface area contributed by atoms with Crippen molar-refractivity contribution in [1.82, 2.24) is 5.32 Å². The van der Waals surface area contributed by atoms with Crippen LogP contribution in [0.25, 0.3) is 0 Å². The Balaban J connectivity index is 2.37. The summed E-state index contributed by atoms with van der Waals surface area (Å²) in [6, 6.07) is 1.53. The maximum atomic E-state index is 13.5. The Morgan fingerprint density at radius 1 is 1.30 bits per heavy atom. The number of hydrogen-bond donors (Lipinski definition) is 2. The third kappa shape index (κ3) is 3.49. The number of carboxylic acid groups (broad SMARTS) is 1. The highest BCUT2D eigenvalue weighted by Crippen LogP contribution is 2.32. The van der Waals surface area contributed by atoms with Gasteiger partial charge in [0.25, 0.3) is 11.6 Å². The lowest BCUT2D eigenvalue weighted by Gasteiger charge is -2.34. The number of carboxylic acids is 1. The Bertz CT molecular complexity index is 673. The van der Waals surface area contributed by atoms with Gasteiger partial charge in [0, 0.05) is 0 Å². The number of carbonyl (C=O) groups excluding carboxylic acids is 1. The maximum absolute atomic E-state index is 13.5. The molecule has 1 aromatic rings. The van der Waals surface area contributed by atoms with E-state index in [0.717, 1.165) is 12.5 Å². The zero-order valence-corrected chi connectivity index (χ0v) is 13.6. The van der Waals surface area contributed by atoms with Crippen LogP contribution in [-0.4, -0.2) is 27.4 Å². The van der Waals surface area contributed by atoms with Gasteiger partial charge in [0.15, 0.2) is 0 Å². The molecule has 23 heavy (non-hydrogen) atoms. The van der Waals surface area contributed by atoms with Crippen LogP contribution in [-0.2, 0) is 4.79 Å². The molecule has 1 aliphatic rings. The SMILES string of the molecule is O=C(NC1(C(=O)O)CCCCC1)c1cc(F)cc([N+](=O)[O-])c1Br. The molecule has 0 atom stereocenters. The van der Waals surface area contributed by atoms with Crippen molar-refractivity contribution in [1.29, 1.82) is 0 Å². The Morgan fingerprint density at radius 3 is 2.43 bits per heavy atom. The molecule has 0 spiro atoms. The van der Waals surface area contributed by atoms with E-state index in [2.05, 4.69) is 21.2 Å². The lowest BCUT2D eigenvalue weighted by Crippen LogP contribution is -2.55. The summed E-state index contributed by atoms with van der Waals surface area (Å²) in [6.07, 6.45) is 2.71. The van der Waals surface area contributed by atoms with E-state index in [0.29, 0.717) is 18.9 Å². The van der Waals surface area contributed by atoms with Crippen LogP contribution in [0, 0.1) is 15.9 Å². The molecule has 1 saturated carbocycles. The van der Waals surface area contributed by atoms with Crippen molar-refractivity contribution in [3.05, 3.63) is 38.1 Å². The maximum Gasteiger partial charge on any atom is 0.329 e. The zero-order chi connectivity index (χ0) is 17.2. The van der Waals surface area contributed by atoms with Gasteiger partial charge in [-0.15, -0.1) is 0 Å². The molecular weight excluding hydrogens is 375 g/mol. The smallest absolute Gasteiger partial charge is 0.329 e. The van der Waals surface area contributed by atoms with E-state index in [-0.39, 0.29) is 22.9 Å². The molecule has 0 bridgehead atoms. The van der Waals surface area contributed by atoms with E-state index in [1.165, 1.54) is 0 Å². The Kier molecular flexibility index (Phi) is 4.98. The third-order valence-electron chi connectivity index (χ3n) is 3.93. The second-order valence-corrected chi connectivity index (χ2v) is 6.24. The monoisotopic (exact) mass is 388 g/mol. The quantitative estimate of drug-likeness (QED) is 0.608. The van der Waals surface area contributed by atoms with E-state index in [4.69, 9.17) is 0 Å². The number of nitrogens with one attached hydrogen (secondary N) is 1. The number of halogens is 2. The molecule has 0 aliphatic heterocycles. The fraction of sp³-hybridized carbons (Fsp3) is 0.429. The molecular formula is C14H14BrFN2O5. The van der Waals surface area contributed by atoms with Gasteiger partial charge in [-0.25, -0.2) is 9.18 Å². The topological polar surface area (TPSA) is 110 Å². The van der Waals surface area contributed by atoms with Crippen LogP contribution in [0.3, 0.4) is 0 Å². The molecule has 0 aromatic heterocycles. The lowest BCUT2D eigenvalue weighted by atomic mass is 9.81. The van der Waals surface area contributed by atoms with E-state index >= 15 is 0 Å². The number of carbonyl (C=O) groups is 2. The number of benzene rings is 1. The standard InChI is InChI=1S/C14H14BrFN2O5/c15-11-9(6-8(16)7-10(11)18(22)23)12(19)17-14(13(20)21)4-2-1-3-5-14/h6-7H,1-5H2,(H,17,19)(H,20,21). The molecule has 0 unspecified atom stereocenters.